The van der Waals surface area contributed by atoms with Crippen LogP contribution in [0.2, 0.25) is 0 Å². The van der Waals surface area contributed by atoms with Gasteiger partial charge in [0.2, 0.25) is 0 Å². The first kappa shape index (κ1) is 16.5. The molecule has 0 saturated heterocycles. The molecule has 0 atom stereocenters. The summed E-state index contributed by atoms with van der Waals surface area (Å²) >= 11 is 4.85. The van der Waals surface area contributed by atoms with E-state index >= 15 is 0 Å². The molecular formula is C14H17BrN2O2S2. The van der Waals surface area contributed by atoms with Crippen LogP contribution in [0.5, 0.6) is 0 Å². The molecular weight excluding hydrogens is 372 g/mol. The molecule has 4 nitrogen and oxygen atoms in total. The molecule has 114 valence electrons. The lowest BCUT2D eigenvalue weighted by molar-refractivity contribution is 0.601. The second-order valence-corrected chi connectivity index (χ2v) is 8.36. The summed E-state index contributed by atoms with van der Waals surface area (Å²) in [6, 6.07) is 5.54. The van der Waals surface area contributed by atoms with Crippen molar-refractivity contribution in [3.63, 3.8) is 0 Å². The van der Waals surface area contributed by atoms with Crippen LogP contribution in [0, 0.1) is 13.8 Å². The highest BCUT2D eigenvalue weighted by molar-refractivity contribution is 9.10. The summed E-state index contributed by atoms with van der Waals surface area (Å²) < 4.78 is 28.3. The summed E-state index contributed by atoms with van der Waals surface area (Å²) in [5.41, 5.74) is 2.55. The molecule has 0 bridgehead atoms. The van der Waals surface area contributed by atoms with E-state index in [9.17, 15) is 8.42 Å². The van der Waals surface area contributed by atoms with Crippen LogP contribution in [0.3, 0.4) is 0 Å². The molecule has 1 aromatic carbocycles. The van der Waals surface area contributed by atoms with Gasteiger partial charge in [0.05, 0.1) is 10.6 Å². The third-order valence-electron chi connectivity index (χ3n) is 2.96. The summed E-state index contributed by atoms with van der Waals surface area (Å²) in [4.78, 5) is 1.28. The van der Waals surface area contributed by atoms with Crippen LogP contribution >= 0.6 is 27.3 Å². The van der Waals surface area contributed by atoms with Crippen molar-refractivity contribution in [2.45, 2.75) is 25.3 Å². The monoisotopic (exact) mass is 388 g/mol. The lowest BCUT2D eigenvalue weighted by Gasteiger charge is -2.12. The molecule has 0 unspecified atom stereocenters. The standard InChI is InChI=1S/C14H17BrN2O2S2/c1-9-4-10(2)14(13(15)5-9)17-21(18,19)12-6-11(7-16-3)20-8-12/h4-6,8,16-17H,7H2,1-3H3. The number of rotatable bonds is 5. The molecule has 21 heavy (non-hydrogen) atoms. The summed E-state index contributed by atoms with van der Waals surface area (Å²) in [6.45, 7) is 4.52. The van der Waals surface area contributed by atoms with Gasteiger partial charge in [0, 0.05) is 21.3 Å². The molecule has 7 heteroatoms. The van der Waals surface area contributed by atoms with Crippen LogP contribution in [0.15, 0.2) is 32.9 Å². The fourth-order valence-electron chi connectivity index (χ4n) is 2.01. The summed E-state index contributed by atoms with van der Waals surface area (Å²) in [5.74, 6) is 0. The third kappa shape index (κ3) is 3.85. The highest BCUT2D eigenvalue weighted by atomic mass is 79.9. The Morgan fingerprint density at radius 3 is 2.57 bits per heavy atom. The van der Waals surface area contributed by atoms with Gasteiger partial charge in [-0.05, 0) is 60.1 Å². The Labute approximate surface area is 137 Å². The van der Waals surface area contributed by atoms with Gasteiger partial charge in [-0.2, -0.15) is 0 Å². The lowest BCUT2D eigenvalue weighted by atomic mass is 10.1. The first-order valence-electron chi connectivity index (χ1n) is 6.35. The van der Waals surface area contributed by atoms with E-state index in [1.54, 1.807) is 11.4 Å². The van der Waals surface area contributed by atoms with Crippen molar-refractivity contribution < 1.29 is 8.42 Å². The zero-order chi connectivity index (χ0) is 15.6. The molecule has 1 heterocycles. The average Bonchev–Trinajstić information content (AvgIpc) is 2.84. The van der Waals surface area contributed by atoms with Gasteiger partial charge in [0.15, 0.2) is 0 Å². The number of aryl methyl sites for hydroxylation is 2. The second-order valence-electron chi connectivity index (χ2n) is 4.82. The van der Waals surface area contributed by atoms with Crippen molar-refractivity contribution in [3.8, 4) is 0 Å². The molecule has 2 rings (SSSR count). The average molecular weight is 389 g/mol. The Bertz CT molecular complexity index is 731. The SMILES string of the molecule is CNCc1cc(S(=O)(=O)Nc2c(C)cc(C)cc2Br)cs1. The van der Waals surface area contributed by atoms with Crippen molar-refractivity contribution in [2.75, 3.05) is 11.8 Å². The molecule has 0 fully saturated rings. The second kappa shape index (κ2) is 6.48. The van der Waals surface area contributed by atoms with Crippen molar-refractivity contribution in [3.05, 3.63) is 44.1 Å². The van der Waals surface area contributed by atoms with Crippen LogP contribution in [0.4, 0.5) is 5.69 Å². The third-order valence-corrected chi connectivity index (χ3v) is 6.00. The summed E-state index contributed by atoms with van der Waals surface area (Å²) in [7, 11) is -1.73. The Morgan fingerprint density at radius 1 is 1.24 bits per heavy atom. The number of hydrogen-bond acceptors (Lipinski definition) is 4. The van der Waals surface area contributed by atoms with E-state index in [0.29, 0.717) is 17.1 Å². The Balaban J connectivity index is 2.33. The lowest BCUT2D eigenvalue weighted by Crippen LogP contribution is -2.13. The van der Waals surface area contributed by atoms with E-state index in [-0.39, 0.29) is 0 Å². The molecule has 2 aromatic rings. The van der Waals surface area contributed by atoms with Crippen LogP contribution < -0.4 is 10.0 Å². The minimum atomic E-state index is -3.57. The molecule has 0 saturated carbocycles. The van der Waals surface area contributed by atoms with Crippen LogP contribution in [-0.2, 0) is 16.6 Å². The highest BCUT2D eigenvalue weighted by Crippen LogP contribution is 2.30. The van der Waals surface area contributed by atoms with Crippen LogP contribution in [0.1, 0.15) is 16.0 Å². The van der Waals surface area contributed by atoms with Crippen LogP contribution in [0.25, 0.3) is 0 Å². The summed E-state index contributed by atoms with van der Waals surface area (Å²) in [6.07, 6.45) is 0. The molecule has 0 spiro atoms. The normalized spacial score (nSPS) is 11.6. The fraction of sp³-hybridized carbons (Fsp3) is 0.286. The van der Waals surface area contributed by atoms with Gasteiger partial charge in [0.1, 0.15) is 0 Å². The number of anilines is 1. The van der Waals surface area contributed by atoms with E-state index < -0.39 is 10.0 Å². The molecule has 0 aliphatic carbocycles. The number of thiophene rings is 1. The number of benzene rings is 1. The van der Waals surface area contributed by atoms with Gasteiger partial charge in [-0.25, -0.2) is 8.42 Å². The molecule has 2 N–H and O–H groups in total. The predicted molar refractivity (Wildman–Crippen MR) is 91.5 cm³/mol. The van der Waals surface area contributed by atoms with E-state index in [1.807, 2.05) is 33.0 Å². The minimum absolute atomic E-state index is 0.296. The zero-order valence-electron chi connectivity index (χ0n) is 12.0. The number of nitrogens with one attached hydrogen (secondary N) is 2. The first-order valence-corrected chi connectivity index (χ1v) is 9.50. The molecule has 0 radical (unpaired) electrons. The van der Waals surface area contributed by atoms with Gasteiger partial charge in [-0.3, -0.25) is 4.72 Å². The Kier molecular flexibility index (Phi) is 5.08. The van der Waals surface area contributed by atoms with E-state index in [1.165, 1.54) is 11.3 Å². The minimum Gasteiger partial charge on any atom is -0.315 e. The zero-order valence-corrected chi connectivity index (χ0v) is 15.2. The van der Waals surface area contributed by atoms with Gasteiger partial charge >= 0.3 is 0 Å². The topological polar surface area (TPSA) is 58.2 Å². The Hall–Kier alpha value is -0.890. The maximum Gasteiger partial charge on any atom is 0.262 e. The van der Waals surface area contributed by atoms with Gasteiger partial charge in [-0.1, -0.05) is 6.07 Å². The fourth-order valence-corrected chi connectivity index (χ4v) is 5.35. The number of hydrogen-bond donors (Lipinski definition) is 2. The smallest absolute Gasteiger partial charge is 0.262 e. The molecule has 0 amide bonds. The van der Waals surface area contributed by atoms with E-state index in [2.05, 4.69) is 26.0 Å². The molecule has 0 aliphatic rings. The predicted octanol–water partition coefficient (Wildman–Crippen LogP) is 3.65. The van der Waals surface area contributed by atoms with Crippen molar-refractivity contribution in [2.24, 2.45) is 0 Å². The first-order chi connectivity index (χ1) is 9.83. The van der Waals surface area contributed by atoms with E-state index in [0.717, 1.165) is 20.5 Å². The van der Waals surface area contributed by atoms with Gasteiger partial charge in [0.25, 0.3) is 10.0 Å². The van der Waals surface area contributed by atoms with Gasteiger partial charge in [-0.15, -0.1) is 11.3 Å². The maximum absolute atomic E-state index is 12.5. The molecule has 0 aliphatic heterocycles. The highest BCUT2D eigenvalue weighted by Gasteiger charge is 2.18. The van der Waals surface area contributed by atoms with Gasteiger partial charge < -0.3 is 5.32 Å². The van der Waals surface area contributed by atoms with Crippen molar-refractivity contribution >= 4 is 43.0 Å². The summed E-state index contributed by atoms with van der Waals surface area (Å²) in [5, 5.41) is 4.67. The van der Waals surface area contributed by atoms with Crippen molar-refractivity contribution in [1.29, 1.82) is 0 Å². The van der Waals surface area contributed by atoms with E-state index in [4.69, 9.17) is 0 Å². The Morgan fingerprint density at radius 2 is 1.95 bits per heavy atom. The quantitative estimate of drug-likeness (QED) is 0.821. The van der Waals surface area contributed by atoms with Crippen LogP contribution in [-0.4, -0.2) is 15.5 Å². The number of sulfonamides is 1. The number of halogens is 1. The van der Waals surface area contributed by atoms with Crippen molar-refractivity contribution in [1.82, 2.24) is 5.32 Å². The molecule has 1 aromatic heterocycles. The maximum atomic E-state index is 12.5. The largest absolute Gasteiger partial charge is 0.315 e.